The standard InChI is InChI=1S/C28H20N2O2/c1-17-10-12-18(13-11-17)16-30-25-9-5-3-7-20(25)28(32)22-14-24-21(15-26(22)30)27(31)19-6-2-4-8-23(19)29-24/h2-15H,16H2,1H3,(H,29,31). The minimum Gasteiger partial charge on any atom is -0.354 e. The third-order valence-electron chi connectivity index (χ3n) is 6.26. The molecule has 6 rings (SSSR count). The van der Waals surface area contributed by atoms with Gasteiger partial charge in [-0.1, -0.05) is 54.1 Å². The summed E-state index contributed by atoms with van der Waals surface area (Å²) >= 11 is 0. The van der Waals surface area contributed by atoms with E-state index in [0.717, 1.165) is 22.1 Å². The first-order valence-corrected chi connectivity index (χ1v) is 10.7. The Morgan fingerprint density at radius 1 is 0.656 bits per heavy atom. The van der Waals surface area contributed by atoms with Gasteiger partial charge in [-0.05, 0) is 48.9 Å². The van der Waals surface area contributed by atoms with Gasteiger partial charge >= 0.3 is 0 Å². The van der Waals surface area contributed by atoms with Crippen LogP contribution in [0.1, 0.15) is 11.1 Å². The van der Waals surface area contributed by atoms with Crippen molar-refractivity contribution in [2.75, 3.05) is 0 Å². The molecule has 0 saturated heterocycles. The Balaban J connectivity index is 1.76. The summed E-state index contributed by atoms with van der Waals surface area (Å²) in [6, 6.07) is 27.3. The Kier molecular flexibility index (Phi) is 4.02. The number of pyridine rings is 2. The highest BCUT2D eigenvalue weighted by Crippen LogP contribution is 2.25. The normalized spacial score (nSPS) is 11.7. The van der Waals surface area contributed by atoms with Crippen molar-refractivity contribution < 1.29 is 0 Å². The highest BCUT2D eigenvalue weighted by Gasteiger charge is 2.14. The summed E-state index contributed by atoms with van der Waals surface area (Å²) in [7, 11) is 0. The summed E-state index contributed by atoms with van der Waals surface area (Å²) in [5.41, 5.74) is 5.36. The van der Waals surface area contributed by atoms with Crippen LogP contribution in [0.15, 0.2) is 94.5 Å². The lowest BCUT2D eigenvalue weighted by molar-refractivity contribution is 0.862. The number of H-pyrrole nitrogens is 1. The Bertz CT molecular complexity index is 1790. The lowest BCUT2D eigenvalue weighted by Gasteiger charge is -2.16. The molecule has 154 valence electrons. The molecule has 0 unspecified atom stereocenters. The third kappa shape index (κ3) is 2.77. The van der Waals surface area contributed by atoms with Crippen molar-refractivity contribution in [1.29, 1.82) is 0 Å². The zero-order valence-corrected chi connectivity index (χ0v) is 17.6. The number of hydrogen-bond donors (Lipinski definition) is 1. The first-order valence-electron chi connectivity index (χ1n) is 10.7. The van der Waals surface area contributed by atoms with Crippen molar-refractivity contribution in [3.05, 3.63) is 117 Å². The average molecular weight is 416 g/mol. The van der Waals surface area contributed by atoms with Gasteiger partial charge < -0.3 is 9.55 Å². The van der Waals surface area contributed by atoms with Gasteiger partial charge in [-0.25, -0.2) is 0 Å². The van der Waals surface area contributed by atoms with E-state index < -0.39 is 0 Å². The molecule has 4 aromatic carbocycles. The van der Waals surface area contributed by atoms with Gasteiger partial charge in [0.05, 0.1) is 16.6 Å². The van der Waals surface area contributed by atoms with Crippen LogP contribution in [-0.4, -0.2) is 9.55 Å². The van der Waals surface area contributed by atoms with Crippen molar-refractivity contribution in [1.82, 2.24) is 9.55 Å². The molecule has 0 bridgehead atoms. The van der Waals surface area contributed by atoms with E-state index in [-0.39, 0.29) is 10.9 Å². The maximum Gasteiger partial charge on any atom is 0.197 e. The number of aryl methyl sites for hydroxylation is 1. The van der Waals surface area contributed by atoms with E-state index in [9.17, 15) is 9.59 Å². The molecule has 4 heteroatoms. The van der Waals surface area contributed by atoms with Gasteiger partial charge in [-0.3, -0.25) is 9.59 Å². The number of hydrogen-bond acceptors (Lipinski definition) is 2. The van der Waals surface area contributed by atoms with Gasteiger partial charge in [0.15, 0.2) is 10.9 Å². The molecule has 0 saturated carbocycles. The van der Waals surface area contributed by atoms with E-state index in [1.54, 1.807) is 0 Å². The summed E-state index contributed by atoms with van der Waals surface area (Å²) in [4.78, 5) is 30.0. The van der Waals surface area contributed by atoms with Crippen LogP contribution >= 0.6 is 0 Å². The van der Waals surface area contributed by atoms with Crippen LogP contribution in [-0.2, 0) is 6.54 Å². The second-order valence-electron chi connectivity index (χ2n) is 8.33. The van der Waals surface area contributed by atoms with Crippen molar-refractivity contribution >= 4 is 43.6 Å². The van der Waals surface area contributed by atoms with E-state index >= 15 is 0 Å². The van der Waals surface area contributed by atoms with Gasteiger partial charge in [0.1, 0.15) is 0 Å². The van der Waals surface area contributed by atoms with Crippen LogP contribution in [0, 0.1) is 6.92 Å². The number of nitrogens with zero attached hydrogens (tertiary/aromatic N) is 1. The number of nitrogens with one attached hydrogen (secondary N) is 1. The van der Waals surface area contributed by atoms with E-state index in [1.165, 1.54) is 5.56 Å². The Hall–Kier alpha value is -4.18. The number of rotatable bonds is 2. The largest absolute Gasteiger partial charge is 0.354 e. The lowest BCUT2D eigenvalue weighted by Crippen LogP contribution is -2.13. The Morgan fingerprint density at radius 3 is 2.16 bits per heavy atom. The van der Waals surface area contributed by atoms with Crippen molar-refractivity contribution in [2.24, 2.45) is 0 Å². The summed E-state index contributed by atoms with van der Waals surface area (Å²) in [6.45, 7) is 2.67. The van der Waals surface area contributed by atoms with Gasteiger partial charge in [0, 0.05) is 33.6 Å². The summed E-state index contributed by atoms with van der Waals surface area (Å²) in [6.07, 6.45) is 0. The maximum absolute atomic E-state index is 13.4. The molecule has 6 aromatic rings. The fourth-order valence-electron chi connectivity index (χ4n) is 4.59. The fourth-order valence-corrected chi connectivity index (χ4v) is 4.59. The quantitative estimate of drug-likeness (QED) is 0.379. The first-order chi connectivity index (χ1) is 15.6. The minimum absolute atomic E-state index is 0.0216. The van der Waals surface area contributed by atoms with Crippen LogP contribution in [0.2, 0.25) is 0 Å². The van der Waals surface area contributed by atoms with Gasteiger partial charge in [-0.15, -0.1) is 0 Å². The Labute approximate surface area is 183 Å². The smallest absolute Gasteiger partial charge is 0.197 e. The van der Waals surface area contributed by atoms with Crippen LogP contribution < -0.4 is 10.9 Å². The molecule has 2 heterocycles. The van der Waals surface area contributed by atoms with Crippen LogP contribution in [0.25, 0.3) is 43.6 Å². The predicted octanol–water partition coefficient (Wildman–Crippen LogP) is 5.51. The zero-order valence-electron chi connectivity index (χ0n) is 17.6. The maximum atomic E-state index is 13.4. The molecule has 32 heavy (non-hydrogen) atoms. The van der Waals surface area contributed by atoms with Crippen molar-refractivity contribution in [2.45, 2.75) is 13.5 Å². The molecular weight excluding hydrogens is 396 g/mol. The molecule has 0 aliphatic rings. The van der Waals surface area contributed by atoms with E-state index in [1.807, 2.05) is 60.7 Å². The van der Waals surface area contributed by atoms with Crippen LogP contribution in [0.3, 0.4) is 0 Å². The minimum atomic E-state index is -0.0289. The van der Waals surface area contributed by atoms with Crippen molar-refractivity contribution in [3.8, 4) is 0 Å². The molecule has 0 aliphatic carbocycles. The van der Waals surface area contributed by atoms with E-state index in [4.69, 9.17) is 0 Å². The summed E-state index contributed by atoms with van der Waals surface area (Å²) < 4.78 is 2.14. The predicted molar refractivity (Wildman–Crippen MR) is 132 cm³/mol. The topological polar surface area (TPSA) is 54.9 Å². The molecule has 4 nitrogen and oxygen atoms in total. The molecule has 0 spiro atoms. The number of aromatic amines is 1. The second kappa shape index (κ2) is 6.92. The molecule has 0 aliphatic heterocycles. The molecule has 1 N–H and O–H groups in total. The highest BCUT2D eigenvalue weighted by atomic mass is 16.1. The lowest BCUT2D eigenvalue weighted by atomic mass is 10.0. The first kappa shape index (κ1) is 18.6. The van der Waals surface area contributed by atoms with Gasteiger partial charge in [-0.2, -0.15) is 0 Å². The highest BCUT2D eigenvalue weighted by molar-refractivity contribution is 6.03. The third-order valence-corrected chi connectivity index (χ3v) is 6.26. The van der Waals surface area contributed by atoms with E-state index in [0.29, 0.717) is 33.6 Å². The van der Waals surface area contributed by atoms with Gasteiger partial charge in [0.25, 0.3) is 0 Å². The molecule has 0 radical (unpaired) electrons. The number of aromatic nitrogens is 2. The SMILES string of the molecule is Cc1ccc(Cn2c3ccccc3c(=O)c3cc4[nH]c5ccccc5c(=O)c4cc32)cc1. The molecule has 0 fully saturated rings. The average Bonchev–Trinajstić information content (AvgIpc) is 2.82. The molecule has 0 amide bonds. The van der Waals surface area contributed by atoms with E-state index in [2.05, 4.69) is 40.7 Å². The second-order valence-corrected chi connectivity index (χ2v) is 8.33. The zero-order chi connectivity index (χ0) is 21.8. The molecule has 0 atom stereocenters. The molecule has 2 aromatic heterocycles. The number of benzene rings is 4. The number of para-hydroxylation sites is 2. The summed E-state index contributed by atoms with van der Waals surface area (Å²) in [5, 5.41) is 2.51. The van der Waals surface area contributed by atoms with Crippen LogP contribution in [0.5, 0.6) is 0 Å². The van der Waals surface area contributed by atoms with Crippen molar-refractivity contribution in [3.63, 3.8) is 0 Å². The van der Waals surface area contributed by atoms with Crippen LogP contribution in [0.4, 0.5) is 0 Å². The van der Waals surface area contributed by atoms with Gasteiger partial charge in [0.2, 0.25) is 0 Å². The Morgan fingerprint density at radius 2 is 1.34 bits per heavy atom. The summed E-state index contributed by atoms with van der Waals surface area (Å²) in [5.74, 6) is 0. The number of fused-ring (bicyclic) bond motifs is 4. The monoisotopic (exact) mass is 416 g/mol. The molecular formula is C28H20N2O2. The fraction of sp³-hybridized carbons (Fsp3) is 0.0714.